The molecule has 186 valence electrons. The number of carbonyl (C=O) groups excluding carboxylic acids is 1. The van der Waals surface area contributed by atoms with Gasteiger partial charge in [0.1, 0.15) is 15.3 Å². The van der Waals surface area contributed by atoms with Crippen LogP contribution in [0.2, 0.25) is 24.4 Å². The van der Waals surface area contributed by atoms with Gasteiger partial charge in [-0.1, -0.05) is 82.3 Å². The van der Waals surface area contributed by atoms with Gasteiger partial charge in [-0.15, -0.1) is 11.3 Å². The number of hydrogen-bond donors (Lipinski definition) is 0. The van der Waals surface area contributed by atoms with E-state index in [1.54, 1.807) is 4.90 Å². The molecule has 0 unspecified atom stereocenters. The Morgan fingerprint density at radius 1 is 0.829 bits per heavy atom. The zero-order chi connectivity index (χ0) is 24.9. The Hall–Kier alpha value is -1.02. The molecule has 2 heterocycles. The summed E-state index contributed by atoms with van der Waals surface area (Å²) in [7, 11) is 0. The summed E-state index contributed by atoms with van der Waals surface area (Å²) in [5.74, 6) is -0.120. The number of piperazine rings is 1. The molecule has 1 saturated heterocycles. The summed E-state index contributed by atoms with van der Waals surface area (Å²) < 4.78 is 6.66. The molecule has 1 aromatic heterocycles. The fourth-order valence-corrected chi connectivity index (χ4v) is 5.99. The van der Waals surface area contributed by atoms with Crippen LogP contribution in [0.1, 0.15) is 33.3 Å². The van der Waals surface area contributed by atoms with E-state index < -0.39 is 0 Å². The number of nitrogens with zero attached hydrogens (tertiary/aromatic N) is 2. The smallest absolute Gasteiger partial charge is 0.265 e. The summed E-state index contributed by atoms with van der Waals surface area (Å²) in [6.45, 7) is 4.30. The van der Waals surface area contributed by atoms with Gasteiger partial charge in [-0.25, -0.2) is 0 Å². The quantitative estimate of drug-likeness (QED) is 0.249. The first-order valence-electron chi connectivity index (χ1n) is 11.1. The molecule has 4 rings (SSSR count). The van der Waals surface area contributed by atoms with E-state index in [4.69, 9.17) is 62.7 Å². The lowest BCUT2D eigenvalue weighted by Gasteiger charge is -2.34. The average Bonchev–Trinajstić information content (AvgIpc) is 3.13. The highest BCUT2D eigenvalue weighted by Gasteiger charge is 2.27. The van der Waals surface area contributed by atoms with Crippen molar-refractivity contribution in [1.82, 2.24) is 9.80 Å². The Morgan fingerprint density at radius 3 is 1.86 bits per heavy atom. The van der Waals surface area contributed by atoms with E-state index in [2.05, 4.69) is 4.90 Å². The Bertz CT molecular complexity index is 1100. The van der Waals surface area contributed by atoms with Gasteiger partial charge in [0.2, 0.25) is 0 Å². The minimum atomic E-state index is -0.201. The van der Waals surface area contributed by atoms with Crippen LogP contribution in [0.15, 0.2) is 48.5 Å². The third-order valence-electron chi connectivity index (χ3n) is 5.86. The number of amides is 1. The number of halogens is 5. The van der Waals surface area contributed by atoms with Crippen molar-refractivity contribution in [2.75, 3.05) is 39.3 Å². The summed E-state index contributed by atoms with van der Waals surface area (Å²) >= 11 is 31.5. The number of ether oxygens (including phenoxy) is 1. The number of hydrogen-bond acceptors (Lipinski definition) is 4. The molecule has 0 radical (unpaired) electrons. The van der Waals surface area contributed by atoms with E-state index in [1.807, 2.05) is 48.5 Å². The van der Waals surface area contributed by atoms with E-state index in [0.29, 0.717) is 39.0 Å². The van der Waals surface area contributed by atoms with E-state index >= 15 is 0 Å². The summed E-state index contributed by atoms with van der Waals surface area (Å²) in [6, 6.07) is 15.4. The third-order valence-corrected chi connectivity index (χ3v) is 8.92. The van der Waals surface area contributed by atoms with E-state index in [1.165, 1.54) is 0 Å². The highest BCUT2D eigenvalue weighted by Crippen LogP contribution is 2.41. The Labute approximate surface area is 234 Å². The molecule has 0 aliphatic carbocycles. The molecule has 10 heteroatoms. The standard InChI is InChI=1S/C25H23Cl5N2O2S/c26-18-6-2-16(3-7-18)22(17-4-8-19(27)9-5-17)34-15-1-10-31-11-13-32(14-12-31)25(33)23-20(28)21(29)24(30)35-23/h2-9,22H,1,10-15H2. The van der Waals surface area contributed by atoms with Gasteiger partial charge >= 0.3 is 0 Å². The predicted molar refractivity (Wildman–Crippen MR) is 147 cm³/mol. The van der Waals surface area contributed by atoms with Gasteiger partial charge in [0.25, 0.3) is 5.91 Å². The van der Waals surface area contributed by atoms with Crippen LogP contribution in [-0.4, -0.2) is 55.0 Å². The second-order valence-electron chi connectivity index (χ2n) is 8.17. The van der Waals surface area contributed by atoms with Crippen molar-refractivity contribution in [2.45, 2.75) is 12.5 Å². The lowest BCUT2D eigenvalue weighted by Crippen LogP contribution is -2.48. The second-order valence-corrected chi connectivity index (χ2v) is 11.4. The number of benzene rings is 2. The Balaban J connectivity index is 1.27. The maximum Gasteiger partial charge on any atom is 0.265 e. The van der Waals surface area contributed by atoms with Gasteiger partial charge in [0.05, 0.1) is 10.0 Å². The molecule has 0 bridgehead atoms. The lowest BCUT2D eigenvalue weighted by atomic mass is 10.0. The van der Waals surface area contributed by atoms with E-state index in [0.717, 1.165) is 48.5 Å². The molecule has 3 aromatic rings. The molecule has 1 aliphatic rings. The molecule has 0 N–H and O–H groups in total. The van der Waals surface area contributed by atoms with Gasteiger partial charge in [0.15, 0.2) is 0 Å². The van der Waals surface area contributed by atoms with Crippen LogP contribution >= 0.6 is 69.3 Å². The highest BCUT2D eigenvalue weighted by molar-refractivity contribution is 7.19. The first-order valence-corrected chi connectivity index (χ1v) is 13.8. The maximum absolute atomic E-state index is 12.8. The third kappa shape index (κ3) is 6.85. The molecule has 1 fully saturated rings. The molecular weight excluding hydrogens is 570 g/mol. The Morgan fingerprint density at radius 2 is 1.37 bits per heavy atom. The van der Waals surface area contributed by atoms with Crippen molar-refractivity contribution in [2.24, 2.45) is 0 Å². The Kier molecular flexibility index (Phi) is 9.64. The van der Waals surface area contributed by atoms with Crippen LogP contribution in [-0.2, 0) is 4.74 Å². The SMILES string of the molecule is O=C(c1sc(Cl)c(Cl)c1Cl)N1CCN(CCCOC(c2ccc(Cl)cc2)c2ccc(Cl)cc2)CC1. The second kappa shape index (κ2) is 12.5. The van der Waals surface area contributed by atoms with Crippen LogP contribution in [0.5, 0.6) is 0 Å². The minimum Gasteiger partial charge on any atom is -0.369 e. The number of rotatable bonds is 8. The van der Waals surface area contributed by atoms with E-state index in [9.17, 15) is 4.79 Å². The predicted octanol–water partition coefficient (Wildman–Crippen LogP) is 7.97. The van der Waals surface area contributed by atoms with Crippen molar-refractivity contribution >= 4 is 75.2 Å². The molecule has 1 aliphatic heterocycles. The largest absolute Gasteiger partial charge is 0.369 e. The molecule has 0 spiro atoms. The first kappa shape index (κ1) is 27.0. The topological polar surface area (TPSA) is 32.8 Å². The van der Waals surface area contributed by atoms with Crippen molar-refractivity contribution in [3.63, 3.8) is 0 Å². The molecule has 0 saturated carbocycles. The van der Waals surface area contributed by atoms with E-state index in [-0.39, 0.29) is 22.1 Å². The molecule has 1 amide bonds. The minimum absolute atomic E-state index is 0.120. The van der Waals surface area contributed by atoms with Crippen LogP contribution < -0.4 is 0 Å². The molecule has 0 atom stereocenters. The van der Waals surface area contributed by atoms with Crippen LogP contribution in [0.4, 0.5) is 0 Å². The fourth-order valence-electron chi connectivity index (χ4n) is 3.97. The monoisotopic (exact) mass is 590 g/mol. The number of thiophene rings is 1. The molecule has 4 nitrogen and oxygen atoms in total. The lowest BCUT2D eigenvalue weighted by molar-refractivity contribution is 0.0553. The van der Waals surface area contributed by atoms with Gasteiger partial charge in [-0.3, -0.25) is 9.69 Å². The normalized spacial score (nSPS) is 14.6. The fraction of sp³-hybridized carbons (Fsp3) is 0.320. The van der Waals surface area contributed by atoms with Crippen molar-refractivity contribution in [1.29, 1.82) is 0 Å². The van der Waals surface area contributed by atoms with Crippen molar-refractivity contribution < 1.29 is 9.53 Å². The average molecular weight is 593 g/mol. The first-order chi connectivity index (χ1) is 16.8. The van der Waals surface area contributed by atoms with Crippen LogP contribution in [0, 0.1) is 0 Å². The van der Waals surface area contributed by atoms with Gasteiger partial charge in [-0.2, -0.15) is 0 Å². The zero-order valence-electron chi connectivity index (χ0n) is 18.7. The highest BCUT2D eigenvalue weighted by atomic mass is 35.5. The van der Waals surface area contributed by atoms with Crippen molar-refractivity contribution in [3.05, 3.63) is 89.0 Å². The van der Waals surface area contributed by atoms with Gasteiger partial charge in [-0.05, 0) is 41.8 Å². The number of carbonyl (C=O) groups is 1. The van der Waals surface area contributed by atoms with Gasteiger partial charge in [0, 0.05) is 49.4 Å². The maximum atomic E-state index is 12.8. The summed E-state index contributed by atoms with van der Waals surface area (Å²) in [5.41, 5.74) is 2.08. The van der Waals surface area contributed by atoms with Crippen LogP contribution in [0.25, 0.3) is 0 Å². The molecular formula is C25H23Cl5N2O2S. The van der Waals surface area contributed by atoms with Crippen LogP contribution in [0.3, 0.4) is 0 Å². The molecule has 35 heavy (non-hydrogen) atoms. The van der Waals surface area contributed by atoms with Crippen molar-refractivity contribution in [3.8, 4) is 0 Å². The molecule has 2 aromatic carbocycles. The zero-order valence-corrected chi connectivity index (χ0v) is 23.3. The summed E-state index contributed by atoms with van der Waals surface area (Å²) in [6.07, 6.45) is 0.668. The summed E-state index contributed by atoms with van der Waals surface area (Å²) in [4.78, 5) is 17.4. The summed E-state index contributed by atoms with van der Waals surface area (Å²) in [5, 5.41) is 1.86. The van der Waals surface area contributed by atoms with Gasteiger partial charge < -0.3 is 9.64 Å².